The zero-order chi connectivity index (χ0) is 13.5. The molecule has 0 aromatic carbocycles. The van der Waals surface area contributed by atoms with Gasteiger partial charge in [0.25, 0.3) is 0 Å². The molecule has 0 heterocycles. The second-order valence-corrected chi connectivity index (χ2v) is 4.92. The number of hydrogen-bond donors (Lipinski definition) is 1. The molecular weight excluding hydrogens is 222 g/mol. The molecule has 0 aliphatic rings. The van der Waals surface area contributed by atoms with Crippen LogP contribution in [0.15, 0.2) is 0 Å². The van der Waals surface area contributed by atoms with Gasteiger partial charge in [-0.2, -0.15) is 0 Å². The highest BCUT2D eigenvalue weighted by Crippen LogP contribution is 2.09. The first kappa shape index (κ1) is 15.9. The molecule has 2 N–H and O–H groups in total. The summed E-state index contributed by atoms with van der Waals surface area (Å²) in [6.45, 7) is 7.62. The van der Waals surface area contributed by atoms with Crippen molar-refractivity contribution in [2.45, 2.75) is 58.6 Å². The van der Waals surface area contributed by atoms with E-state index in [0.29, 0.717) is 6.61 Å². The lowest BCUT2D eigenvalue weighted by Gasteiger charge is -2.20. The molecule has 0 aliphatic carbocycles. The van der Waals surface area contributed by atoms with Crippen LogP contribution in [0, 0.1) is 0 Å². The largest absolute Gasteiger partial charge is 0.465 e. The Bertz CT molecular complexity index is 258. The molecule has 5 nitrogen and oxygen atoms in total. The molecular formula is C12H23NO4. The third kappa shape index (κ3) is 8.68. The molecule has 0 radical (unpaired) electrons. The Morgan fingerprint density at radius 1 is 1.29 bits per heavy atom. The molecule has 1 unspecified atom stereocenters. The van der Waals surface area contributed by atoms with Crippen LogP contribution < -0.4 is 5.73 Å². The van der Waals surface area contributed by atoms with E-state index in [1.54, 1.807) is 20.8 Å². The molecule has 0 saturated heterocycles. The highest BCUT2D eigenvalue weighted by atomic mass is 16.6. The van der Waals surface area contributed by atoms with Crippen molar-refractivity contribution in [1.29, 1.82) is 0 Å². The molecule has 5 heteroatoms. The fourth-order valence-corrected chi connectivity index (χ4v) is 1.07. The minimum atomic E-state index is -0.943. The molecule has 17 heavy (non-hydrogen) atoms. The van der Waals surface area contributed by atoms with Gasteiger partial charge in [0, 0.05) is 0 Å². The standard InChI is InChI=1S/C12H23NO4/c1-5-6-7-16-11(15)9(13)8-10(14)17-12(2,3)4/h9H,5-8,13H2,1-4H3. The molecule has 0 rings (SSSR count). The van der Waals surface area contributed by atoms with Crippen molar-refractivity contribution in [2.24, 2.45) is 5.73 Å². The normalized spacial score (nSPS) is 13.0. The zero-order valence-corrected chi connectivity index (χ0v) is 11.1. The minimum Gasteiger partial charge on any atom is -0.465 e. The summed E-state index contributed by atoms with van der Waals surface area (Å²) in [5.74, 6) is -1.04. The van der Waals surface area contributed by atoms with Crippen molar-refractivity contribution in [3.8, 4) is 0 Å². The zero-order valence-electron chi connectivity index (χ0n) is 11.1. The van der Waals surface area contributed by atoms with E-state index in [4.69, 9.17) is 15.2 Å². The van der Waals surface area contributed by atoms with Gasteiger partial charge in [-0.3, -0.25) is 9.59 Å². The van der Waals surface area contributed by atoms with Crippen LogP contribution in [0.5, 0.6) is 0 Å². The van der Waals surface area contributed by atoms with Crippen LogP contribution in [0.3, 0.4) is 0 Å². The third-order valence-corrected chi connectivity index (χ3v) is 1.85. The molecule has 0 bridgehead atoms. The number of ether oxygens (including phenoxy) is 2. The first-order valence-corrected chi connectivity index (χ1v) is 5.90. The quantitative estimate of drug-likeness (QED) is 0.565. The van der Waals surface area contributed by atoms with Crippen LogP contribution >= 0.6 is 0 Å². The molecule has 0 spiro atoms. The summed E-state index contributed by atoms with van der Waals surface area (Å²) in [6.07, 6.45) is 1.59. The Hall–Kier alpha value is -1.10. The molecule has 0 aromatic heterocycles. The number of nitrogens with two attached hydrogens (primary N) is 1. The highest BCUT2D eigenvalue weighted by molar-refractivity contribution is 5.82. The van der Waals surface area contributed by atoms with Crippen molar-refractivity contribution in [1.82, 2.24) is 0 Å². The van der Waals surface area contributed by atoms with Crippen LogP contribution in [0.4, 0.5) is 0 Å². The predicted octanol–water partition coefficient (Wildman–Crippen LogP) is 1.39. The van der Waals surface area contributed by atoms with Gasteiger partial charge in [-0.25, -0.2) is 0 Å². The van der Waals surface area contributed by atoms with Gasteiger partial charge in [0.1, 0.15) is 11.6 Å². The Morgan fingerprint density at radius 2 is 1.88 bits per heavy atom. The highest BCUT2D eigenvalue weighted by Gasteiger charge is 2.23. The fraction of sp³-hybridized carbons (Fsp3) is 0.833. The maximum atomic E-state index is 11.4. The summed E-state index contributed by atoms with van der Waals surface area (Å²) in [5, 5.41) is 0. The average Bonchev–Trinajstić information content (AvgIpc) is 2.14. The van der Waals surface area contributed by atoms with Crippen LogP contribution in [0.25, 0.3) is 0 Å². The van der Waals surface area contributed by atoms with Gasteiger partial charge in [-0.1, -0.05) is 13.3 Å². The number of hydrogen-bond acceptors (Lipinski definition) is 5. The lowest BCUT2D eigenvalue weighted by atomic mass is 10.2. The van der Waals surface area contributed by atoms with Crippen molar-refractivity contribution in [3.63, 3.8) is 0 Å². The number of carbonyl (C=O) groups is 2. The van der Waals surface area contributed by atoms with E-state index in [1.807, 2.05) is 6.92 Å². The number of rotatable bonds is 6. The van der Waals surface area contributed by atoms with Crippen LogP contribution in [-0.2, 0) is 19.1 Å². The van der Waals surface area contributed by atoms with E-state index in [1.165, 1.54) is 0 Å². The molecule has 0 amide bonds. The molecule has 100 valence electrons. The van der Waals surface area contributed by atoms with Crippen LogP contribution in [0.1, 0.15) is 47.0 Å². The van der Waals surface area contributed by atoms with E-state index in [-0.39, 0.29) is 6.42 Å². The average molecular weight is 245 g/mol. The number of esters is 2. The Labute approximate surface area is 103 Å². The third-order valence-electron chi connectivity index (χ3n) is 1.85. The van der Waals surface area contributed by atoms with Crippen LogP contribution in [-0.4, -0.2) is 30.2 Å². The number of unbranched alkanes of at least 4 members (excludes halogenated alkanes) is 1. The summed E-state index contributed by atoms with van der Waals surface area (Å²) < 4.78 is 9.96. The number of carbonyl (C=O) groups excluding carboxylic acids is 2. The summed E-state index contributed by atoms with van der Waals surface area (Å²) in [6, 6.07) is -0.943. The van der Waals surface area contributed by atoms with Crippen molar-refractivity contribution in [2.75, 3.05) is 6.61 Å². The van der Waals surface area contributed by atoms with E-state index < -0.39 is 23.6 Å². The molecule has 0 saturated carbocycles. The van der Waals surface area contributed by atoms with E-state index in [2.05, 4.69) is 0 Å². The summed E-state index contributed by atoms with van der Waals surface area (Å²) in [4.78, 5) is 22.8. The van der Waals surface area contributed by atoms with Crippen molar-refractivity contribution in [3.05, 3.63) is 0 Å². The lowest BCUT2D eigenvalue weighted by Crippen LogP contribution is -2.37. The summed E-state index contributed by atoms with van der Waals surface area (Å²) >= 11 is 0. The minimum absolute atomic E-state index is 0.151. The van der Waals surface area contributed by atoms with Gasteiger partial charge >= 0.3 is 11.9 Å². The van der Waals surface area contributed by atoms with Gasteiger partial charge in [-0.15, -0.1) is 0 Å². The van der Waals surface area contributed by atoms with Crippen molar-refractivity contribution < 1.29 is 19.1 Å². The molecule has 1 atom stereocenters. The SMILES string of the molecule is CCCCOC(=O)C(N)CC(=O)OC(C)(C)C. The monoisotopic (exact) mass is 245 g/mol. The van der Waals surface area contributed by atoms with Gasteiger partial charge < -0.3 is 15.2 Å². The summed E-state index contributed by atoms with van der Waals surface area (Å²) in [5.41, 5.74) is 4.98. The van der Waals surface area contributed by atoms with E-state index >= 15 is 0 Å². The fourth-order valence-electron chi connectivity index (χ4n) is 1.07. The molecule has 0 aliphatic heterocycles. The lowest BCUT2D eigenvalue weighted by molar-refractivity contribution is -0.159. The van der Waals surface area contributed by atoms with Gasteiger partial charge in [0.05, 0.1) is 13.0 Å². The Morgan fingerprint density at radius 3 is 2.35 bits per heavy atom. The second-order valence-electron chi connectivity index (χ2n) is 4.92. The van der Waals surface area contributed by atoms with Gasteiger partial charge in [0.15, 0.2) is 0 Å². The first-order chi connectivity index (χ1) is 7.76. The molecule has 0 aromatic rings. The van der Waals surface area contributed by atoms with Crippen LogP contribution in [0.2, 0.25) is 0 Å². The van der Waals surface area contributed by atoms with Gasteiger partial charge in [0.2, 0.25) is 0 Å². The Balaban J connectivity index is 3.95. The summed E-state index contributed by atoms with van der Waals surface area (Å²) in [7, 11) is 0. The maximum absolute atomic E-state index is 11.4. The second kappa shape index (κ2) is 7.27. The predicted molar refractivity (Wildman–Crippen MR) is 64.3 cm³/mol. The van der Waals surface area contributed by atoms with Gasteiger partial charge in [-0.05, 0) is 27.2 Å². The van der Waals surface area contributed by atoms with E-state index in [9.17, 15) is 9.59 Å². The van der Waals surface area contributed by atoms with E-state index in [0.717, 1.165) is 12.8 Å². The topological polar surface area (TPSA) is 78.6 Å². The maximum Gasteiger partial charge on any atom is 0.323 e. The van der Waals surface area contributed by atoms with Crippen molar-refractivity contribution >= 4 is 11.9 Å². The molecule has 0 fully saturated rings. The smallest absolute Gasteiger partial charge is 0.323 e. The Kier molecular flexibility index (Phi) is 6.80. The first-order valence-electron chi connectivity index (χ1n) is 5.90.